The minimum atomic E-state index is -3.59. The average molecular weight is 562 g/mol. The van der Waals surface area contributed by atoms with Gasteiger partial charge in [0.1, 0.15) is 0 Å². The highest BCUT2D eigenvalue weighted by Gasteiger charge is 2.36. The van der Waals surface area contributed by atoms with Crippen molar-refractivity contribution in [2.45, 2.75) is 11.8 Å². The molecular weight excluding hydrogens is 534 g/mol. The fourth-order valence-corrected chi connectivity index (χ4v) is 5.97. The zero-order valence-corrected chi connectivity index (χ0v) is 22.5. The van der Waals surface area contributed by atoms with E-state index in [9.17, 15) is 27.6 Å². The number of hydrazine groups is 1. The summed E-state index contributed by atoms with van der Waals surface area (Å²) in [5.74, 6) is -2.14. The molecule has 2 heterocycles. The number of fused-ring (bicyclic) bond motifs is 1. The van der Waals surface area contributed by atoms with Crippen LogP contribution in [0.1, 0.15) is 36.6 Å². The van der Waals surface area contributed by atoms with E-state index in [1.54, 1.807) is 48.5 Å². The quantitative estimate of drug-likeness (QED) is 0.421. The number of carbonyl (C=O) groups excluding carboxylic acids is 4. The Morgan fingerprint density at radius 3 is 1.95 bits per heavy atom. The number of anilines is 1. The van der Waals surface area contributed by atoms with Crippen LogP contribution >= 0.6 is 0 Å². The van der Waals surface area contributed by atoms with Gasteiger partial charge in [0.05, 0.1) is 22.6 Å². The third-order valence-electron chi connectivity index (χ3n) is 6.80. The highest BCUT2D eigenvalue weighted by atomic mass is 32.2. The molecule has 0 saturated carbocycles. The molecule has 11 nitrogen and oxygen atoms in total. The highest BCUT2D eigenvalue weighted by Crippen LogP contribution is 2.21. The topological polar surface area (TPSA) is 136 Å². The van der Waals surface area contributed by atoms with Gasteiger partial charge in [0, 0.05) is 37.4 Å². The van der Waals surface area contributed by atoms with E-state index in [2.05, 4.69) is 10.7 Å². The molecule has 1 fully saturated rings. The SMILES string of the molecule is Cc1ccc(S(=O)(=O)N2CCN(CC(=O)Nc3ccc(C(=O)NN4C(=O)c5ccccc5C4=O)cc3)CC2)cc1. The lowest BCUT2D eigenvalue weighted by Crippen LogP contribution is -2.50. The maximum Gasteiger partial charge on any atom is 0.280 e. The highest BCUT2D eigenvalue weighted by molar-refractivity contribution is 7.89. The lowest BCUT2D eigenvalue weighted by molar-refractivity contribution is -0.117. The Morgan fingerprint density at radius 2 is 1.38 bits per heavy atom. The molecular formula is C28H27N5O6S. The first-order valence-corrected chi connectivity index (χ1v) is 14.1. The van der Waals surface area contributed by atoms with Crippen LogP contribution in [0.5, 0.6) is 0 Å². The average Bonchev–Trinajstić information content (AvgIpc) is 3.19. The number of amides is 4. The first kappa shape index (κ1) is 27.2. The molecule has 0 radical (unpaired) electrons. The van der Waals surface area contributed by atoms with Gasteiger partial charge in [-0.1, -0.05) is 29.8 Å². The van der Waals surface area contributed by atoms with Crippen LogP contribution in [0.2, 0.25) is 0 Å². The zero-order valence-electron chi connectivity index (χ0n) is 21.7. The Balaban J connectivity index is 1.11. The predicted octanol–water partition coefficient (Wildman–Crippen LogP) is 1.88. The van der Waals surface area contributed by atoms with E-state index in [1.807, 2.05) is 11.8 Å². The lowest BCUT2D eigenvalue weighted by Gasteiger charge is -2.33. The number of benzene rings is 3. The monoisotopic (exact) mass is 561 g/mol. The summed E-state index contributed by atoms with van der Waals surface area (Å²) in [7, 11) is -3.59. The first-order valence-electron chi connectivity index (χ1n) is 12.6. The number of carbonyl (C=O) groups is 4. The van der Waals surface area contributed by atoms with Crippen LogP contribution in [0.25, 0.3) is 0 Å². The molecule has 0 aliphatic carbocycles. The molecule has 2 N–H and O–H groups in total. The number of piperazine rings is 1. The molecule has 12 heteroatoms. The Morgan fingerprint density at radius 1 is 0.800 bits per heavy atom. The van der Waals surface area contributed by atoms with Crippen molar-refractivity contribution >= 4 is 39.3 Å². The van der Waals surface area contributed by atoms with Crippen molar-refractivity contribution in [3.05, 3.63) is 95.1 Å². The smallest absolute Gasteiger partial charge is 0.280 e. The molecule has 2 aliphatic heterocycles. The molecule has 206 valence electrons. The molecule has 2 aliphatic rings. The standard InChI is InChI=1S/C28H27N5O6S/c1-19-6-12-22(13-7-19)40(38,39)32-16-14-31(15-17-32)18-25(34)29-21-10-8-20(9-11-21)26(35)30-33-27(36)23-4-2-3-5-24(23)28(33)37/h2-13H,14-18H2,1H3,(H,29,34)(H,30,35). The van der Waals surface area contributed by atoms with Crippen molar-refractivity contribution in [3.8, 4) is 0 Å². The van der Waals surface area contributed by atoms with Crippen LogP contribution in [-0.2, 0) is 14.8 Å². The zero-order chi connectivity index (χ0) is 28.4. The Labute approximate surface area is 231 Å². The normalized spacial score (nSPS) is 16.1. The van der Waals surface area contributed by atoms with Crippen molar-refractivity contribution in [3.63, 3.8) is 0 Å². The van der Waals surface area contributed by atoms with Crippen LogP contribution in [0, 0.1) is 6.92 Å². The summed E-state index contributed by atoms with van der Waals surface area (Å²) in [5.41, 5.74) is 4.42. The molecule has 1 saturated heterocycles. The molecule has 0 atom stereocenters. The van der Waals surface area contributed by atoms with E-state index < -0.39 is 27.7 Å². The fourth-order valence-electron chi connectivity index (χ4n) is 4.55. The first-order chi connectivity index (χ1) is 19.1. The van der Waals surface area contributed by atoms with E-state index in [-0.39, 0.29) is 47.1 Å². The van der Waals surface area contributed by atoms with Gasteiger partial charge in [-0.3, -0.25) is 29.5 Å². The summed E-state index contributed by atoms with van der Waals surface area (Å²) >= 11 is 0. The van der Waals surface area contributed by atoms with Crippen molar-refractivity contribution in [2.75, 3.05) is 38.0 Å². The van der Waals surface area contributed by atoms with E-state index in [0.29, 0.717) is 23.8 Å². The van der Waals surface area contributed by atoms with Crippen molar-refractivity contribution in [1.29, 1.82) is 0 Å². The van der Waals surface area contributed by atoms with Crippen LogP contribution in [0.15, 0.2) is 77.7 Å². The van der Waals surface area contributed by atoms with Crippen LogP contribution in [0.4, 0.5) is 5.69 Å². The number of hydrogen-bond acceptors (Lipinski definition) is 7. The van der Waals surface area contributed by atoms with Crippen molar-refractivity contribution in [2.24, 2.45) is 0 Å². The maximum absolute atomic E-state index is 12.9. The second kappa shape index (κ2) is 11.0. The van der Waals surface area contributed by atoms with Gasteiger partial charge >= 0.3 is 0 Å². The number of hydrogen-bond donors (Lipinski definition) is 2. The third kappa shape index (κ3) is 5.50. The number of aryl methyl sites for hydroxylation is 1. The van der Waals surface area contributed by atoms with Gasteiger partial charge in [0.15, 0.2) is 0 Å². The van der Waals surface area contributed by atoms with Crippen LogP contribution in [0.3, 0.4) is 0 Å². The molecule has 3 aromatic rings. The molecule has 3 aromatic carbocycles. The van der Waals surface area contributed by atoms with Crippen LogP contribution in [-0.4, -0.2) is 79.0 Å². The summed E-state index contributed by atoms with van der Waals surface area (Å²) < 4.78 is 27.2. The van der Waals surface area contributed by atoms with E-state index in [0.717, 1.165) is 5.56 Å². The summed E-state index contributed by atoms with van der Waals surface area (Å²) in [6.45, 7) is 3.36. The van der Waals surface area contributed by atoms with Gasteiger partial charge in [-0.25, -0.2) is 8.42 Å². The summed E-state index contributed by atoms with van der Waals surface area (Å²) in [5, 5.41) is 3.45. The largest absolute Gasteiger partial charge is 0.325 e. The van der Waals surface area contributed by atoms with Crippen LogP contribution < -0.4 is 10.7 Å². The lowest BCUT2D eigenvalue weighted by atomic mass is 10.1. The van der Waals surface area contributed by atoms with Gasteiger partial charge in [-0.05, 0) is 55.5 Å². The Kier molecular flexibility index (Phi) is 7.48. The van der Waals surface area contributed by atoms with Gasteiger partial charge in [-0.15, -0.1) is 0 Å². The van der Waals surface area contributed by atoms with E-state index in [1.165, 1.54) is 28.6 Å². The molecule has 40 heavy (non-hydrogen) atoms. The van der Waals surface area contributed by atoms with Gasteiger partial charge in [0.25, 0.3) is 17.7 Å². The van der Waals surface area contributed by atoms with Gasteiger partial charge in [0.2, 0.25) is 15.9 Å². The minimum Gasteiger partial charge on any atom is -0.325 e. The third-order valence-corrected chi connectivity index (χ3v) is 8.71. The second-order valence-corrected chi connectivity index (χ2v) is 11.5. The van der Waals surface area contributed by atoms with Gasteiger partial charge in [-0.2, -0.15) is 9.31 Å². The fraction of sp³-hybridized carbons (Fsp3) is 0.214. The minimum absolute atomic E-state index is 0.0837. The molecule has 0 unspecified atom stereocenters. The number of nitrogens with zero attached hydrogens (tertiary/aromatic N) is 3. The van der Waals surface area contributed by atoms with Crippen molar-refractivity contribution in [1.82, 2.24) is 19.6 Å². The predicted molar refractivity (Wildman–Crippen MR) is 146 cm³/mol. The summed E-state index contributed by atoms with van der Waals surface area (Å²) in [6, 6.07) is 19.1. The van der Waals surface area contributed by atoms with E-state index in [4.69, 9.17) is 0 Å². The summed E-state index contributed by atoms with van der Waals surface area (Å²) in [6.07, 6.45) is 0. The molecule has 0 bridgehead atoms. The molecule has 5 rings (SSSR count). The van der Waals surface area contributed by atoms with E-state index >= 15 is 0 Å². The number of nitrogens with one attached hydrogen (secondary N) is 2. The summed E-state index contributed by atoms with van der Waals surface area (Å²) in [4.78, 5) is 52.3. The maximum atomic E-state index is 12.9. The molecule has 4 amide bonds. The second-order valence-electron chi connectivity index (χ2n) is 9.55. The van der Waals surface area contributed by atoms with Gasteiger partial charge < -0.3 is 5.32 Å². The van der Waals surface area contributed by atoms with Crippen molar-refractivity contribution < 1.29 is 27.6 Å². The molecule has 0 spiro atoms. The molecule has 0 aromatic heterocycles. The number of sulfonamides is 1. The Bertz CT molecular complexity index is 1550. The Hall–Kier alpha value is -4.39. The number of imide groups is 1. The number of rotatable bonds is 7.